The zero-order chi connectivity index (χ0) is 23.1. The van der Waals surface area contributed by atoms with Crippen LogP contribution in [-0.4, -0.2) is 72.7 Å². The molecule has 0 aliphatic carbocycles. The van der Waals surface area contributed by atoms with Crippen LogP contribution in [-0.2, 0) is 25.2 Å². The van der Waals surface area contributed by atoms with Crippen LogP contribution in [0.4, 0.5) is 18.9 Å². The highest BCUT2D eigenvalue weighted by atomic mass is 35.5. The van der Waals surface area contributed by atoms with E-state index in [2.05, 4.69) is 5.32 Å². The lowest BCUT2D eigenvalue weighted by molar-refractivity contribution is -0.150. The van der Waals surface area contributed by atoms with E-state index < -0.39 is 53.5 Å². The Kier molecular flexibility index (Phi) is 9.82. The van der Waals surface area contributed by atoms with Gasteiger partial charge in [0.1, 0.15) is 6.04 Å². The number of methoxy groups -OCH3 is 2. The number of hydrogen-bond acceptors (Lipinski definition) is 6. The van der Waals surface area contributed by atoms with Gasteiger partial charge in [-0.1, -0.05) is 11.6 Å². The molecule has 0 aromatic heterocycles. The quantitative estimate of drug-likeness (QED) is 0.439. The summed E-state index contributed by atoms with van der Waals surface area (Å²) in [7, 11) is 2.69. The van der Waals surface area contributed by atoms with Crippen molar-refractivity contribution in [3.05, 3.63) is 28.8 Å². The molecule has 8 nitrogen and oxygen atoms in total. The Hall–Kier alpha value is -2.08. The predicted molar refractivity (Wildman–Crippen MR) is 102 cm³/mol. The standard InChI is InChI=1S/C18H24ClF3N2O6/c1-10(23-11-4-5-13(14(19)6-11)18(20,21)22)17(28)24(9-16(29-2)30-3)8-12(25)7-15(26)27/h4-6,10,12,16,23,25H,7-9H2,1-3H3,(H,26,27). The second-order valence-electron chi connectivity index (χ2n) is 6.45. The number of nitrogens with zero attached hydrogens (tertiary/aromatic N) is 1. The van der Waals surface area contributed by atoms with Crippen LogP contribution >= 0.6 is 11.6 Å². The highest BCUT2D eigenvalue weighted by molar-refractivity contribution is 6.31. The summed E-state index contributed by atoms with van der Waals surface area (Å²) in [5.41, 5.74) is -0.829. The highest BCUT2D eigenvalue weighted by Gasteiger charge is 2.33. The van der Waals surface area contributed by atoms with Gasteiger partial charge in [-0.2, -0.15) is 13.2 Å². The number of aliphatic carboxylic acids is 1. The zero-order valence-corrected chi connectivity index (χ0v) is 17.3. The van der Waals surface area contributed by atoms with E-state index in [0.717, 1.165) is 23.1 Å². The van der Waals surface area contributed by atoms with E-state index in [1.807, 2.05) is 0 Å². The first-order valence-corrected chi connectivity index (χ1v) is 9.14. The van der Waals surface area contributed by atoms with Gasteiger partial charge in [-0.15, -0.1) is 0 Å². The Morgan fingerprint density at radius 3 is 2.30 bits per heavy atom. The van der Waals surface area contributed by atoms with Crippen molar-refractivity contribution in [3.8, 4) is 0 Å². The fourth-order valence-corrected chi connectivity index (χ4v) is 2.91. The normalized spacial score (nSPS) is 13.8. The van der Waals surface area contributed by atoms with E-state index in [-0.39, 0.29) is 18.8 Å². The summed E-state index contributed by atoms with van der Waals surface area (Å²) >= 11 is 5.69. The number of carboxylic acid groups (broad SMARTS) is 1. The monoisotopic (exact) mass is 456 g/mol. The number of amides is 1. The van der Waals surface area contributed by atoms with Gasteiger partial charge in [-0.25, -0.2) is 0 Å². The van der Waals surface area contributed by atoms with Gasteiger partial charge in [0.25, 0.3) is 0 Å². The van der Waals surface area contributed by atoms with Crippen molar-refractivity contribution in [1.82, 2.24) is 4.90 Å². The van der Waals surface area contributed by atoms with E-state index >= 15 is 0 Å². The van der Waals surface area contributed by atoms with E-state index in [1.165, 1.54) is 21.1 Å². The van der Waals surface area contributed by atoms with Gasteiger partial charge in [-0.05, 0) is 25.1 Å². The van der Waals surface area contributed by atoms with Crippen LogP contribution in [0.1, 0.15) is 18.9 Å². The molecule has 0 radical (unpaired) electrons. The van der Waals surface area contributed by atoms with Crippen LogP contribution in [0.25, 0.3) is 0 Å². The Balaban J connectivity index is 2.96. The first-order chi connectivity index (χ1) is 13.9. The summed E-state index contributed by atoms with van der Waals surface area (Å²) < 4.78 is 48.6. The number of halogens is 4. The van der Waals surface area contributed by atoms with Gasteiger partial charge in [0, 0.05) is 26.5 Å². The molecule has 0 heterocycles. The van der Waals surface area contributed by atoms with Gasteiger partial charge in [0.2, 0.25) is 5.91 Å². The summed E-state index contributed by atoms with van der Waals surface area (Å²) in [5, 5.41) is 20.9. The van der Waals surface area contributed by atoms with Crippen molar-refractivity contribution in [2.75, 3.05) is 32.6 Å². The van der Waals surface area contributed by atoms with Gasteiger partial charge < -0.3 is 29.9 Å². The van der Waals surface area contributed by atoms with E-state index in [9.17, 15) is 27.9 Å². The molecule has 0 bridgehead atoms. The van der Waals surface area contributed by atoms with Crippen LogP contribution in [0, 0.1) is 0 Å². The third-order valence-electron chi connectivity index (χ3n) is 4.08. The van der Waals surface area contributed by atoms with E-state index in [1.54, 1.807) is 0 Å². The molecular weight excluding hydrogens is 433 g/mol. The van der Waals surface area contributed by atoms with Gasteiger partial charge in [0.05, 0.1) is 29.7 Å². The Morgan fingerprint density at radius 2 is 1.83 bits per heavy atom. The fraction of sp³-hybridized carbons (Fsp3) is 0.556. The molecule has 1 aromatic rings. The number of anilines is 1. The van der Waals surface area contributed by atoms with Crippen LogP contribution in [0.15, 0.2) is 18.2 Å². The average Bonchev–Trinajstić information content (AvgIpc) is 2.62. The summed E-state index contributed by atoms with van der Waals surface area (Å²) in [6, 6.07) is 2.03. The van der Waals surface area contributed by atoms with Crippen LogP contribution in [0.5, 0.6) is 0 Å². The molecule has 2 atom stereocenters. The molecule has 1 aromatic carbocycles. The molecule has 0 aliphatic rings. The fourth-order valence-electron chi connectivity index (χ4n) is 2.62. The number of ether oxygens (including phenoxy) is 2. The van der Waals surface area contributed by atoms with E-state index in [4.69, 9.17) is 26.2 Å². The third kappa shape index (κ3) is 7.98. The number of hydrogen-bond donors (Lipinski definition) is 3. The first-order valence-electron chi connectivity index (χ1n) is 8.76. The number of rotatable bonds is 11. The Labute approximate surface area is 176 Å². The topological polar surface area (TPSA) is 108 Å². The van der Waals surface area contributed by atoms with E-state index in [0.29, 0.717) is 0 Å². The maximum atomic E-state index is 12.8. The SMILES string of the molecule is COC(CN(CC(O)CC(=O)O)C(=O)C(C)Nc1ccc(C(F)(F)F)c(Cl)c1)OC. The number of carbonyl (C=O) groups is 2. The van der Waals surface area contributed by atoms with Crippen LogP contribution in [0.3, 0.4) is 0 Å². The number of carbonyl (C=O) groups excluding carboxylic acids is 1. The molecule has 0 saturated heterocycles. The van der Waals surface area contributed by atoms with Gasteiger partial charge in [0.15, 0.2) is 6.29 Å². The minimum absolute atomic E-state index is 0.109. The maximum absolute atomic E-state index is 12.8. The van der Waals surface area contributed by atoms with Crippen LogP contribution < -0.4 is 5.32 Å². The summed E-state index contributed by atoms with van der Waals surface area (Å²) in [6.45, 7) is 1.04. The lowest BCUT2D eigenvalue weighted by atomic mass is 10.1. The smallest absolute Gasteiger partial charge is 0.417 e. The van der Waals surface area contributed by atoms with Gasteiger partial charge in [-0.3, -0.25) is 9.59 Å². The lowest BCUT2D eigenvalue weighted by Crippen LogP contribution is -2.48. The van der Waals surface area contributed by atoms with Crippen molar-refractivity contribution in [1.29, 1.82) is 0 Å². The molecule has 0 aliphatic heterocycles. The molecular formula is C18H24ClF3N2O6. The highest BCUT2D eigenvalue weighted by Crippen LogP contribution is 2.35. The molecule has 170 valence electrons. The Morgan fingerprint density at radius 1 is 1.23 bits per heavy atom. The number of alkyl halides is 3. The molecule has 0 saturated carbocycles. The number of nitrogens with one attached hydrogen (secondary N) is 1. The Bertz CT molecular complexity index is 730. The minimum Gasteiger partial charge on any atom is -0.481 e. The van der Waals surface area contributed by atoms with Crippen molar-refractivity contribution in [2.45, 2.75) is 38.0 Å². The predicted octanol–water partition coefficient (Wildman–Crippen LogP) is 2.44. The average molecular weight is 457 g/mol. The van der Waals surface area contributed by atoms with Crippen molar-refractivity contribution in [2.24, 2.45) is 0 Å². The second-order valence-corrected chi connectivity index (χ2v) is 6.86. The molecule has 1 amide bonds. The van der Waals surface area contributed by atoms with Gasteiger partial charge >= 0.3 is 12.1 Å². The zero-order valence-electron chi connectivity index (χ0n) is 16.6. The summed E-state index contributed by atoms with van der Waals surface area (Å²) in [5.74, 6) is -1.80. The molecule has 12 heteroatoms. The third-order valence-corrected chi connectivity index (χ3v) is 4.39. The largest absolute Gasteiger partial charge is 0.481 e. The van der Waals surface area contributed by atoms with Crippen LogP contribution in [0.2, 0.25) is 5.02 Å². The van der Waals surface area contributed by atoms with Crippen molar-refractivity contribution < 1.29 is 42.4 Å². The van der Waals surface area contributed by atoms with Crippen molar-refractivity contribution >= 4 is 29.2 Å². The minimum atomic E-state index is -4.61. The van der Waals surface area contributed by atoms with Crippen molar-refractivity contribution in [3.63, 3.8) is 0 Å². The number of aliphatic hydroxyl groups is 1. The summed E-state index contributed by atoms with van der Waals surface area (Å²) in [4.78, 5) is 24.8. The number of aliphatic hydroxyl groups excluding tert-OH is 1. The number of carboxylic acids is 1. The molecule has 0 spiro atoms. The maximum Gasteiger partial charge on any atom is 0.417 e. The lowest BCUT2D eigenvalue weighted by Gasteiger charge is -2.30. The first kappa shape index (κ1) is 26.0. The summed E-state index contributed by atoms with van der Waals surface area (Å²) in [6.07, 6.45) is -7.36. The molecule has 1 rings (SSSR count). The number of benzene rings is 1. The molecule has 3 N–H and O–H groups in total. The second kappa shape index (κ2) is 11.3. The molecule has 0 fully saturated rings. The molecule has 30 heavy (non-hydrogen) atoms. The molecule has 2 unspecified atom stereocenters.